The molecule has 0 bridgehead atoms. The molecule has 16 nitrogen and oxygen atoms in total. The van der Waals surface area contributed by atoms with E-state index in [9.17, 15) is 38.4 Å². The quantitative estimate of drug-likeness (QED) is 0.133. The van der Waals surface area contributed by atoms with E-state index < -0.39 is 78.4 Å². The molecular weight excluding hydrogens is 652 g/mol. The Balaban J connectivity index is 1.24. The molecule has 7 amide bonds. The predicted octanol–water partition coefficient (Wildman–Crippen LogP) is -0.334. The number of carbonyl (C=O) groups excluding carboxylic acids is 8. The zero-order valence-electron chi connectivity index (χ0n) is 27.3. The monoisotopic (exact) mass is 690 g/mol. The minimum Gasteiger partial charge on any atom is -0.459 e. The van der Waals surface area contributed by atoms with Crippen molar-refractivity contribution in [2.24, 2.45) is 5.73 Å². The Morgan fingerprint density at radius 2 is 1.54 bits per heavy atom. The number of likely N-dealkylation sites (tertiary alicyclic amines) is 1. The Hall–Kier alpha value is -5.90. The van der Waals surface area contributed by atoms with Crippen LogP contribution in [0.4, 0.5) is 5.69 Å². The van der Waals surface area contributed by atoms with Crippen molar-refractivity contribution < 1.29 is 47.8 Å². The van der Waals surface area contributed by atoms with Crippen molar-refractivity contribution in [2.45, 2.75) is 57.5 Å². The van der Waals surface area contributed by atoms with E-state index in [-0.39, 0.29) is 26.4 Å². The Bertz CT molecular complexity index is 1630. The molecule has 0 aromatic heterocycles. The second-order valence-electron chi connectivity index (χ2n) is 11.6. The van der Waals surface area contributed by atoms with Gasteiger partial charge in [0.25, 0.3) is 11.8 Å². The molecule has 264 valence electrons. The lowest BCUT2D eigenvalue weighted by atomic mass is 10.1. The number of carbonyl (C=O) groups is 8. The molecule has 2 aromatic rings. The number of nitrogens with zero attached hydrogens (tertiary/aromatic N) is 2. The third kappa shape index (κ3) is 10.6. The average molecular weight is 691 g/mol. The van der Waals surface area contributed by atoms with E-state index in [0.717, 1.165) is 22.6 Å². The summed E-state index contributed by atoms with van der Waals surface area (Å²) in [5.74, 6) is -5.39. The van der Waals surface area contributed by atoms with E-state index in [2.05, 4.69) is 16.0 Å². The van der Waals surface area contributed by atoms with Gasteiger partial charge in [-0.25, -0.2) is 4.79 Å². The number of amides is 7. The van der Waals surface area contributed by atoms with Gasteiger partial charge in [-0.3, -0.25) is 38.5 Å². The molecule has 5 N–H and O–H groups in total. The van der Waals surface area contributed by atoms with E-state index in [1.807, 2.05) is 30.3 Å². The molecule has 0 radical (unpaired) electrons. The molecule has 0 aliphatic carbocycles. The summed E-state index contributed by atoms with van der Waals surface area (Å²) in [4.78, 5) is 101. The summed E-state index contributed by atoms with van der Waals surface area (Å²) in [7, 11) is 0. The van der Waals surface area contributed by atoms with Crippen molar-refractivity contribution in [1.82, 2.24) is 20.4 Å². The van der Waals surface area contributed by atoms with Crippen LogP contribution in [-0.4, -0.2) is 94.9 Å². The van der Waals surface area contributed by atoms with Crippen LogP contribution in [0.3, 0.4) is 0 Å². The zero-order chi connectivity index (χ0) is 36.2. The number of nitrogens with one attached hydrogen (secondary N) is 3. The largest absolute Gasteiger partial charge is 0.459 e. The fraction of sp³-hybridized carbons (Fsp3) is 0.353. The first-order chi connectivity index (χ1) is 23.9. The van der Waals surface area contributed by atoms with Crippen LogP contribution in [0, 0.1) is 0 Å². The Labute approximate surface area is 287 Å². The molecule has 2 aromatic carbocycles. The summed E-state index contributed by atoms with van der Waals surface area (Å²) in [5, 5.41) is 7.54. The summed E-state index contributed by atoms with van der Waals surface area (Å²) in [6, 6.07) is 12.2. The number of rotatable bonds is 16. The number of hydrogen-bond donors (Lipinski definition) is 4. The first kappa shape index (κ1) is 36.9. The summed E-state index contributed by atoms with van der Waals surface area (Å²) in [6.45, 7) is 1.05. The van der Waals surface area contributed by atoms with Crippen LogP contribution in [-0.2, 0) is 61.0 Å². The molecule has 2 aliphatic heterocycles. The number of nitrogens with two attached hydrogens (primary N) is 1. The van der Waals surface area contributed by atoms with Crippen LogP contribution in [0.1, 0.15) is 37.3 Å². The van der Waals surface area contributed by atoms with Crippen LogP contribution in [0.25, 0.3) is 0 Å². The first-order valence-electron chi connectivity index (χ1n) is 15.8. The van der Waals surface area contributed by atoms with Crippen molar-refractivity contribution in [3.8, 4) is 0 Å². The molecule has 4 rings (SSSR count). The highest BCUT2D eigenvalue weighted by Gasteiger charge is 2.37. The van der Waals surface area contributed by atoms with Gasteiger partial charge in [0, 0.05) is 24.4 Å². The van der Waals surface area contributed by atoms with Gasteiger partial charge in [0.1, 0.15) is 37.9 Å². The molecule has 16 heteroatoms. The average Bonchev–Trinajstić information content (AvgIpc) is 3.71. The van der Waals surface area contributed by atoms with Gasteiger partial charge in [-0.1, -0.05) is 42.5 Å². The number of anilines is 1. The number of benzene rings is 2. The van der Waals surface area contributed by atoms with Crippen molar-refractivity contribution in [3.63, 3.8) is 0 Å². The topological polar surface area (TPSA) is 224 Å². The van der Waals surface area contributed by atoms with Gasteiger partial charge < -0.3 is 36.1 Å². The lowest BCUT2D eigenvalue weighted by Gasteiger charge is -2.27. The molecular formula is C34H38N6O10. The summed E-state index contributed by atoms with van der Waals surface area (Å²) < 4.78 is 10.6. The summed E-state index contributed by atoms with van der Waals surface area (Å²) in [6.07, 6.45) is 2.37. The fourth-order valence-electron chi connectivity index (χ4n) is 5.18. The van der Waals surface area contributed by atoms with E-state index in [0.29, 0.717) is 24.1 Å². The maximum absolute atomic E-state index is 13.1. The number of imide groups is 1. The highest BCUT2D eigenvalue weighted by molar-refractivity contribution is 6.14. The first-order valence-corrected chi connectivity index (χ1v) is 15.8. The molecule has 1 fully saturated rings. The van der Waals surface area contributed by atoms with Gasteiger partial charge in [-0.2, -0.15) is 0 Å². The molecule has 0 saturated carbocycles. The molecule has 0 unspecified atom stereocenters. The van der Waals surface area contributed by atoms with Gasteiger partial charge in [-0.15, -0.1) is 0 Å². The third-order valence-corrected chi connectivity index (χ3v) is 7.81. The highest BCUT2D eigenvalue weighted by atomic mass is 16.6. The molecule has 50 heavy (non-hydrogen) atoms. The van der Waals surface area contributed by atoms with Gasteiger partial charge in [-0.05, 0) is 43.0 Å². The number of hydrogen-bond acceptors (Lipinski definition) is 10. The van der Waals surface area contributed by atoms with E-state index in [4.69, 9.17) is 15.2 Å². The number of primary amides is 1. The van der Waals surface area contributed by atoms with Crippen molar-refractivity contribution in [1.29, 1.82) is 0 Å². The summed E-state index contributed by atoms with van der Waals surface area (Å²) in [5.41, 5.74) is 7.21. The van der Waals surface area contributed by atoms with Crippen LogP contribution in [0.2, 0.25) is 0 Å². The van der Waals surface area contributed by atoms with Crippen molar-refractivity contribution >= 4 is 53.0 Å². The summed E-state index contributed by atoms with van der Waals surface area (Å²) >= 11 is 0. The molecule has 3 atom stereocenters. The minimum atomic E-state index is -1.38. The van der Waals surface area contributed by atoms with Gasteiger partial charge >= 0.3 is 5.97 Å². The van der Waals surface area contributed by atoms with E-state index in [1.54, 1.807) is 24.3 Å². The van der Waals surface area contributed by atoms with Crippen LogP contribution < -0.4 is 21.7 Å². The Kier molecular flexibility index (Phi) is 12.9. The highest BCUT2D eigenvalue weighted by Crippen LogP contribution is 2.19. The smallest absolute Gasteiger partial charge is 0.332 e. The minimum absolute atomic E-state index is 0.0979. The molecule has 2 heterocycles. The molecule has 0 spiro atoms. The van der Waals surface area contributed by atoms with Gasteiger partial charge in [0.2, 0.25) is 29.5 Å². The van der Waals surface area contributed by atoms with Gasteiger partial charge in [0.05, 0.1) is 13.0 Å². The lowest BCUT2D eigenvalue weighted by molar-refractivity contribution is -0.150. The Morgan fingerprint density at radius 3 is 2.20 bits per heavy atom. The Morgan fingerprint density at radius 1 is 0.880 bits per heavy atom. The number of esters is 1. The zero-order valence-corrected chi connectivity index (χ0v) is 27.3. The predicted molar refractivity (Wildman–Crippen MR) is 175 cm³/mol. The van der Waals surface area contributed by atoms with Crippen LogP contribution >= 0.6 is 0 Å². The van der Waals surface area contributed by atoms with E-state index >= 15 is 0 Å². The second-order valence-corrected chi connectivity index (χ2v) is 11.6. The maximum Gasteiger partial charge on any atom is 0.332 e. The third-order valence-electron chi connectivity index (χ3n) is 7.81. The lowest BCUT2D eigenvalue weighted by Crippen LogP contribution is -2.56. The second kappa shape index (κ2) is 17.5. The van der Waals surface area contributed by atoms with E-state index in [1.165, 1.54) is 11.8 Å². The normalized spacial score (nSPS) is 16.5. The number of ether oxygens (including phenoxy) is 2. The van der Waals surface area contributed by atoms with Crippen molar-refractivity contribution in [3.05, 3.63) is 77.9 Å². The maximum atomic E-state index is 13.1. The molecule has 2 aliphatic rings. The van der Waals surface area contributed by atoms with Crippen LogP contribution in [0.15, 0.2) is 66.7 Å². The van der Waals surface area contributed by atoms with Crippen molar-refractivity contribution in [2.75, 3.05) is 25.0 Å². The SMILES string of the molecule is C[C@H](NC(=O)[C@@H]1CCCN1C(=O)CN1C(=O)C=CC1=O)C(=O)N[C@@H](CC(N)=O)C(=O)Nc1ccc(COCC(=O)OCc2ccccc2)cc1. The van der Waals surface area contributed by atoms with Crippen LogP contribution in [0.5, 0.6) is 0 Å². The van der Waals surface area contributed by atoms with Gasteiger partial charge in [0.15, 0.2) is 0 Å². The fourth-order valence-corrected chi connectivity index (χ4v) is 5.18. The standard InChI is InChI=1S/C34H38N6O10/c1-21(36-34(48)26-8-5-15-39(26)30(44)17-40-28(42)13-14-29(40)43)32(46)38-25(16-27(35)41)33(47)37-24-11-9-23(10-12-24)18-49-20-31(45)50-19-22-6-3-2-4-7-22/h2-4,6-7,9-14,21,25-26H,5,8,15-20H2,1H3,(H2,35,41)(H,36,48)(H,37,47)(H,38,46)/t21-,25-,26-/m0/s1. The molecule has 1 saturated heterocycles.